The molecule has 0 fully saturated rings. The largest absolute Gasteiger partial charge is 0.463 e. The van der Waals surface area contributed by atoms with Gasteiger partial charge in [0.25, 0.3) is 0 Å². The number of carbonyl (C=O) groups excluding carboxylic acids is 1. The van der Waals surface area contributed by atoms with Crippen LogP contribution in [0, 0.1) is 6.92 Å². The van der Waals surface area contributed by atoms with Crippen molar-refractivity contribution in [1.82, 2.24) is 0 Å². The van der Waals surface area contributed by atoms with Gasteiger partial charge in [-0.1, -0.05) is 180 Å². The van der Waals surface area contributed by atoms with Crippen LogP contribution in [-0.4, -0.2) is 12.1 Å². The molecule has 0 rings (SSSR count). The molecule has 0 aliphatic heterocycles. The van der Waals surface area contributed by atoms with E-state index in [9.17, 15) is 4.79 Å². The molecule has 0 heterocycles. The molecule has 0 bridgehead atoms. The Labute approximate surface area is 228 Å². The normalized spacial score (nSPS) is 12.2. The van der Waals surface area contributed by atoms with E-state index in [0.29, 0.717) is 0 Å². The topological polar surface area (TPSA) is 26.3 Å². The van der Waals surface area contributed by atoms with Gasteiger partial charge in [0.2, 0.25) is 0 Å². The maximum Gasteiger partial charge on any atom is 0.302 e. The van der Waals surface area contributed by atoms with Crippen LogP contribution in [0.25, 0.3) is 0 Å². The number of hydrogen-bond donors (Lipinski definition) is 0. The number of ether oxygens (including phenoxy) is 1. The monoisotopic (exact) mass is 508 g/mol. The van der Waals surface area contributed by atoms with Gasteiger partial charge >= 0.3 is 5.97 Å². The zero-order valence-corrected chi connectivity index (χ0v) is 25.1. The van der Waals surface area contributed by atoms with Crippen LogP contribution in [0.4, 0.5) is 0 Å². The van der Waals surface area contributed by atoms with Crippen molar-refractivity contribution in [3.63, 3.8) is 0 Å². The van der Waals surface area contributed by atoms with Crippen molar-refractivity contribution in [3.05, 3.63) is 6.92 Å². The summed E-state index contributed by atoms with van der Waals surface area (Å²) < 4.78 is 5.06. The summed E-state index contributed by atoms with van der Waals surface area (Å²) in [7, 11) is 0. The van der Waals surface area contributed by atoms with E-state index in [4.69, 9.17) is 4.74 Å². The molecule has 0 aliphatic carbocycles. The Balaban J connectivity index is 3.06. The van der Waals surface area contributed by atoms with E-state index in [1.165, 1.54) is 180 Å². The fraction of sp³-hybridized carbons (Fsp3) is 0.941. The van der Waals surface area contributed by atoms with Crippen molar-refractivity contribution >= 4 is 5.97 Å². The van der Waals surface area contributed by atoms with Crippen LogP contribution in [0.2, 0.25) is 0 Å². The molecular weight excluding hydrogens is 440 g/mol. The lowest BCUT2D eigenvalue weighted by Gasteiger charge is -2.10. The lowest BCUT2D eigenvalue weighted by molar-refractivity contribution is -0.144. The second-order valence-electron chi connectivity index (χ2n) is 11.6. The molecule has 0 saturated carbocycles. The summed E-state index contributed by atoms with van der Waals surface area (Å²) in [6.45, 7) is 7.63. The lowest BCUT2D eigenvalue weighted by atomic mass is 10.0. The average molecular weight is 508 g/mol. The Kier molecular flexibility index (Phi) is 30.2. The molecular formula is C34H67O2. The van der Waals surface area contributed by atoms with Crippen LogP contribution in [-0.2, 0) is 9.53 Å². The second kappa shape index (κ2) is 30.7. The summed E-state index contributed by atoms with van der Waals surface area (Å²) in [5, 5.41) is 0. The third-order valence-corrected chi connectivity index (χ3v) is 7.71. The van der Waals surface area contributed by atoms with Crippen molar-refractivity contribution in [3.8, 4) is 0 Å². The summed E-state index contributed by atoms with van der Waals surface area (Å²) in [6.07, 6.45) is 40.7. The summed E-state index contributed by atoms with van der Waals surface area (Å²) >= 11 is 0. The molecule has 215 valence electrons. The summed E-state index contributed by atoms with van der Waals surface area (Å²) in [5.41, 5.74) is 0. The summed E-state index contributed by atoms with van der Waals surface area (Å²) in [5.74, 6) is -0.213. The van der Waals surface area contributed by atoms with Crippen LogP contribution >= 0.6 is 0 Å². The maximum atomic E-state index is 10.8. The fourth-order valence-electron chi connectivity index (χ4n) is 5.34. The Bertz CT molecular complexity index is 419. The highest BCUT2D eigenvalue weighted by molar-refractivity contribution is 5.66. The maximum absolute atomic E-state index is 10.8. The number of esters is 1. The molecule has 1 radical (unpaired) electrons. The minimum atomic E-state index is -0.213. The highest BCUT2D eigenvalue weighted by atomic mass is 16.5. The predicted octanol–water partition coefficient (Wildman–Crippen LogP) is 12.1. The molecule has 2 heteroatoms. The summed E-state index contributed by atoms with van der Waals surface area (Å²) in [4.78, 5) is 10.8. The van der Waals surface area contributed by atoms with Gasteiger partial charge in [0.05, 0.1) is 0 Å². The average Bonchev–Trinajstić information content (AvgIpc) is 2.85. The third kappa shape index (κ3) is 31.5. The SMILES string of the molecule is [CH2]C(CCCCCCCCCCCCCCCCCCCCCCCCCCCCCC)OC(C)=O. The van der Waals surface area contributed by atoms with E-state index in [2.05, 4.69) is 13.8 Å². The zero-order chi connectivity index (χ0) is 26.4. The highest BCUT2D eigenvalue weighted by Gasteiger charge is 2.04. The van der Waals surface area contributed by atoms with Gasteiger partial charge in [-0.05, 0) is 19.8 Å². The molecule has 36 heavy (non-hydrogen) atoms. The van der Waals surface area contributed by atoms with Crippen molar-refractivity contribution in [2.45, 2.75) is 206 Å². The van der Waals surface area contributed by atoms with Crippen LogP contribution in [0.3, 0.4) is 0 Å². The number of unbranched alkanes of at least 4 members (excludes halogenated alkanes) is 27. The Morgan fingerprint density at radius 2 is 0.694 bits per heavy atom. The molecule has 0 aliphatic rings. The van der Waals surface area contributed by atoms with E-state index < -0.39 is 0 Å². The molecule has 0 saturated heterocycles. The standard InChI is InChI=1S/C34H67O2/c1-4-5-6-7-8-9-10-11-12-13-14-15-16-17-18-19-20-21-22-23-24-25-26-27-28-29-30-31-32-33(2)36-34(3)35/h33H,2,4-32H2,1,3H3. The van der Waals surface area contributed by atoms with Crippen LogP contribution in [0.1, 0.15) is 200 Å². The first kappa shape index (κ1) is 35.5. The first-order chi connectivity index (χ1) is 17.7. The van der Waals surface area contributed by atoms with Gasteiger partial charge < -0.3 is 4.74 Å². The van der Waals surface area contributed by atoms with Crippen molar-refractivity contribution in [2.75, 3.05) is 0 Å². The molecule has 2 nitrogen and oxygen atoms in total. The number of carbonyl (C=O) groups is 1. The van der Waals surface area contributed by atoms with E-state index in [1.807, 2.05) is 0 Å². The van der Waals surface area contributed by atoms with Crippen molar-refractivity contribution in [1.29, 1.82) is 0 Å². The first-order valence-corrected chi connectivity index (χ1v) is 16.7. The van der Waals surface area contributed by atoms with Crippen molar-refractivity contribution < 1.29 is 9.53 Å². The van der Waals surface area contributed by atoms with Gasteiger partial charge in [0.1, 0.15) is 6.10 Å². The Morgan fingerprint density at radius 3 is 0.917 bits per heavy atom. The molecule has 1 atom stereocenters. The zero-order valence-electron chi connectivity index (χ0n) is 25.1. The lowest BCUT2D eigenvalue weighted by Crippen LogP contribution is -2.12. The minimum absolute atomic E-state index is 0.161. The van der Waals surface area contributed by atoms with E-state index in [0.717, 1.165) is 12.8 Å². The predicted molar refractivity (Wildman–Crippen MR) is 160 cm³/mol. The van der Waals surface area contributed by atoms with Gasteiger partial charge in [-0.25, -0.2) is 0 Å². The third-order valence-electron chi connectivity index (χ3n) is 7.71. The number of hydrogen-bond acceptors (Lipinski definition) is 2. The molecule has 0 amide bonds. The molecule has 0 aromatic carbocycles. The quantitative estimate of drug-likeness (QED) is 0.0713. The smallest absolute Gasteiger partial charge is 0.302 e. The van der Waals surface area contributed by atoms with Crippen molar-refractivity contribution in [2.24, 2.45) is 0 Å². The highest BCUT2D eigenvalue weighted by Crippen LogP contribution is 2.16. The number of rotatable bonds is 30. The van der Waals surface area contributed by atoms with Crippen LogP contribution in [0.15, 0.2) is 0 Å². The molecule has 0 N–H and O–H groups in total. The second-order valence-corrected chi connectivity index (χ2v) is 11.6. The minimum Gasteiger partial charge on any atom is -0.463 e. The van der Waals surface area contributed by atoms with Gasteiger partial charge in [-0.2, -0.15) is 0 Å². The molecule has 0 aromatic heterocycles. The molecule has 1 unspecified atom stereocenters. The van der Waals surface area contributed by atoms with Gasteiger partial charge in [-0.15, -0.1) is 0 Å². The molecule has 0 spiro atoms. The van der Waals surface area contributed by atoms with Crippen LogP contribution < -0.4 is 0 Å². The van der Waals surface area contributed by atoms with E-state index in [1.54, 1.807) is 0 Å². The van der Waals surface area contributed by atoms with E-state index in [-0.39, 0.29) is 12.1 Å². The van der Waals surface area contributed by atoms with Gasteiger partial charge in [-0.3, -0.25) is 4.79 Å². The van der Waals surface area contributed by atoms with E-state index >= 15 is 0 Å². The van der Waals surface area contributed by atoms with Crippen LogP contribution in [0.5, 0.6) is 0 Å². The summed E-state index contributed by atoms with van der Waals surface area (Å²) in [6, 6.07) is 0. The fourth-order valence-corrected chi connectivity index (χ4v) is 5.34. The molecule has 0 aromatic rings. The van der Waals surface area contributed by atoms with Gasteiger partial charge in [0.15, 0.2) is 0 Å². The Hall–Kier alpha value is -0.530. The van der Waals surface area contributed by atoms with Gasteiger partial charge in [0, 0.05) is 6.92 Å². The Morgan fingerprint density at radius 1 is 0.472 bits per heavy atom. The first-order valence-electron chi connectivity index (χ1n) is 16.7.